The summed E-state index contributed by atoms with van der Waals surface area (Å²) in [5.74, 6) is 1.03. The third kappa shape index (κ3) is 3.49. The minimum Gasteiger partial charge on any atom is -0.444 e. The van der Waals surface area contributed by atoms with E-state index in [1.54, 1.807) is 6.33 Å². The van der Waals surface area contributed by atoms with Crippen LogP contribution in [0.15, 0.2) is 6.33 Å². The zero-order valence-electron chi connectivity index (χ0n) is 15.7. The second kappa shape index (κ2) is 6.68. The molecule has 1 aliphatic carbocycles. The van der Waals surface area contributed by atoms with Gasteiger partial charge >= 0.3 is 6.09 Å². The maximum absolute atomic E-state index is 12.0. The highest BCUT2D eigenvalue weighted by Gasteiger charge is 2.29. The Hall–Kier alpha value is -1.89. The van der Waals surface area contributed by atoms with Gasteiger partial charge in [-0.1, -0.05) is 0 Å². The van der Waals surface area contributed by atoms with Gasteiger partial charge in [-0.2, -0.15) is 0 Å². The SMILES string of the molecule is CC(C)(C)OC(=O)NC1CCN(c2ncnc3sc4c(c23)CCCC4)C1. The molecule has 0 aromatic carbocycles. The lowest BCUT2D eigenvalue weighted by atomic mass is 9.97. The number of hydrogen-bond acceptors (Lipinski definition) is 6. The molecule has 1 saturated heterocycles. The first kappa shape index (κ1) is 17.5. The van der Waals surface area contributed by atoms with Gasteiger partial charge in [0, 0.05) is 18.0 Å². The number of hydrogen-bond donors (Lipinski definition) is 1. The minimum atomic E-state index is -0.475. The Labute approximate surface area is 158 Å². The van der Waals surface area contributed by atoms with Gasteiger partial charge in [-0.05, 0) is 58.4 Å². The fraction of sp³-hybridized carbons (Fsp3) is 0.632. The maximum Gasteiger partial charge on any atom is 0.407 e. The van der Waals surface area contributed by atoms with Crippen LogP contribution in [0.4, 0.5) is 10.6 Å². The van der Waals surface area contributed by atoms with E-state index < -0.39 is 5.60 Å². The van der Waals surface area contributed by atoms with Crippen molar-refractivity contribution in [3.8, 4) is 0 Å². The molecule has 7 heteroatoms. The van der Waals surface area contributed by atoms with Crippen molar-refractivity contribution in [2.24, 2.45) is 0 Å². The lowest BCUT2D eigenvalue weighted by Crippen LogP contribution is -2.40. The number of amides is 1. The molecule has 26 heavy (non-hydrogen) atoms. The minimum absolute atomic E-state index is 0.0873. The lowest BCUT2D eigenvalue weighted by molar-refractivity contribution is 0.0509. The molecule has 140 valence electrons. The molecular formula is C19H26N4O2S. The number of carbonyl (C=O) groups is 1. The third-order valence-electron chi connectivity index (χ3n) is 4.94. The van der Waals surface area contributed by atoms with Crippen LogP contribution in [0.3, 0.4) is 0 Å². The molecule has 2 aromatic rings. The highest BCUT2D eigenvalue weighted by Crippen LogP contribution is 2.39. The first-order valence-corrected chi connectivity index (χ1v) is 10.2. The van der Waals surface area contributed by atoms with E-state index in [0.717, 1.165) is 36.6 Å². The number of thiophene rings is 1. The second-order valence-corrected chi connectivity index (χ2v) is 9.25. The van der Waals surface area contributed by atoms with Gasteiger partial charge in [-0.15, -0.1) is 11.3 Å². The Bertz CT molecular complexity index is 827. The molecule has 1 atom stereocenters. The normalized spacial score (nSPS) is 20.3. The summed E-state index contributed by atoms with van der Waals surface area (Å²) in [7, 11) is 0. The van der Waals surface area contributed by atoms with Crippen molar-refractivity contribution in [1.29, 1.82) is 0 Å². The van der Waals surface area contributed by atoms with Gasteiger partial charge in [0.1, 0.15) is 22.6 Å². The quantitative estimate of drug-likeness (QED) is 0.869. The maximum atomic E-state index is 12.0. The summed E-state index contributed by atoms with van der Waals surface area (Å²) in [6, 6.07) is 0.0873. The topological polar surface area (TPSA) is 67.3 Å². The standard InChI is InChI=1S/C19H26N4O2S/c1-19(2,3)25-18(24)22-12-8-9-23(10-12)16-15-13-6-4-5-7-14(13)26-17(15)21-11-20-16/h11-12H,4-10H2,1-3H3,(H,22,24). The molecule has 1 amide bonds. The summed E-state index contributed by atoms with van der Waals surface area (Å²) >= 11 is 1.82. The van der Waals surface area contributed by atoms with Crippen LogP contribution in [0.2, 0.25) is 0 Å². The third-order valence-corrected chi connectivity index (χ3v) is 6.14. The van der Waals surface area contributed by atoms with Crippen LogP contribution < -0.4 is 10.2 Å². The van der Waals surface area contributed by atoms with Crippen molar-refractivity contribution in [3.63, 3.8) is 0 Å². The van der Waals surface area contributed by atoms with E-state index in [0.29, 0.717) is 0 Å². The fourth-order valence-electron chi connectivity index (χ4n) is 3.86. The molecule has 4 rings (SSSR count). The number of carbonyl (C=O) groups excluding carboxylic acids is 1. The van der Waals surface area contributed by atoms with E-state index in [9.17, 15) is 4.79 Å². The predicted octanol–water partition coefficient (Wildman–Crippen LogP) is 3.67. The molecular weight excluding hydrogens is 348 g/mol. The number of alkyl carbamates (subject to hydrolysis) is 1. The summed E-state index contributed by atoms with van der Waals surface area (Å²) in [5, 5.41) is 4.24. The van der Waals surface area contributed by atoms with Crippen LogP contribution in [0.25, 0.3) is 10.2 Å². The van der Waals surface area contributed by atoms with Crippen LogP contribution in [-0.4, -0.2) is 40.8 Å². The number of anilines is 1. The van der Waals surface area contributed by atoms with E-state index in [4.69, 9.17) is 4.74 Å². The summed E-state index contributed by atoms with van der Waals surface area (Å²) in [6.45, 7) is 7.29. The van der Waals surface area contributed by atoms with Crippen molar-refractivity contribution in [2.75, 3.05) is 18.0 Å². The largest absolute Gasteiger partial charge is 0.444 e. The molecule has 1 fully saturated rings. The lowest BCUT2D eigenvalue weighted by Gasteiger charge is -2.22. The average Bonchev–Trinajstić information content (AvgIpc) is 3.16. The number of aryl methyl sites for hydroxylation is 2. The van der Waals surface area contributed by atoms with Gasteiger partial charge in [0.15, 0.2) is 0 Å². The molecule has 1 aliphatic heterocycles. The van der Waals surface area contributed by atoms with Crippen LogP contribution >= 0.6 is 11.3 Å². The Morgan fingerprint density at radius 2 is 2.12 bits per heavy atom. The molecule has 2 aliphatic rings. The van der Waals surface area contributed by atoms with Crippen molar-refractivity contribution >= 4 is 33.5 Å². The molecule has 0 bridgehead atoms. The number of ether oxygens (including phenoxy) is 1. The number of nitrogens with zero attached hydrogens (tertiary/aromatic N) is 3. The Balaban J connectivity index is 1.52. The molecule has 1 N–H and O–H groups in total. The first-order chi connectivity index (χ1) is 12.4. The van der Waals surface area contributed by atoms with Gasteiger partial charge in [0.2, 0.25) is 0 Å². The predicted molar refractivity (Wildman–Crippen MR) is 104 cm³/mol. The van der Waals surface area contributed by atoms with Crippen LogP contribution in [-0.2, 0) is 17.6 Å². The summed E-state index contributed by atoms with van der Waals surface area (Å²) in [4.78, 5) is 26.1. The zero-order chi connectivity index (χ0) is 18.3. The summed E-state index contributed by atoms with van der Waals surface area (Å²) < 4.78 is 5.38. The van der Waals surface area contributed by atoms with Crippen molar-refractivity contribution in [3.05, 3.63) is 16.8 Å². The van der Waals surface area contributed by atoms with Gasteiger partial charge in [0.05, 0.1) is 11.4 Å². The molecule has 0 spiro atoms. The monoisotopic (exact) mass is 374 g/mol. The first-order valence-electron chi connectivity index (χ1n) is 9.40. The summed E-state index contributed by atoms with van der Waals surface area (Å²) in [6.07, 6.45) is 7.04. The highest BCUT2D eigenvalue weighted by molar-refractivity contribution is 7.19. The van der Waals surface area contributed by atoms with Crippen molar-refractivity contribution in [2.45, 2.75) is 64.5 Å². The molecule has 6 nitrogen and oxygen atoms in total. The van der Waals surface area contributed by atoms with E-state index in [1.807, 2.05) is 32.1 Å². The number of nitrogens with one attached hydrogen (secondary N) is 1. The van der Waals surface area contributed by atoms with E-state index in [1.165, 1.54) is 35.1 Å². The van der Waals surface area contributed by atoms with Gasteiger partial charge in [-0.25, -0.2) is 14.8 Å². The zero-order valence-corrected chi connectivity index (χ0v) is 16.5. The van der Waals surface area contributed by atoms with Gasteiger partial charge in [-0.3, -0.25) is 0 Å². The number of rotatable bonds is 2. The summed E-state index contributed by atoms with van der Waals surface area (Å²) in [5.41, 5.74) is 0.979. The Morgan fingerprint density at radius 1 is 1.31 bits per heavy atom. The van der Waals surface area contributed by atoms with Crippen molar-refractivity contribution < 1.29 is 9.53 Å². The Morgan fingerprint density at radius 3 is 2.92 bits per heavy atom. The van der Waals surface area contributed by atoms with Gasteiger partial charge < -0.3 is 15.0 Å². The molecule has 1 unspecified atom stereocenters. The Kier molecular flexibility index (Phi) is 4.50. The average molecular weight is 375 g/mol. The molecule has 0 radical (unpaired) electrons. The second-order valence-electron chi connectivity index (χ2n) is 8.17. The van der Waals surface area contributed by atoms with Crippen LogP contribution in [0.5, 0.6) is 0 Å². The smallest absolute Gasteiger partial charge is 0.407 e. The fourth-order valence-corrected chi connectivity index (χ4v) is 5.08. The molecule has 3 heterocycles. The van der Waals surface area contributed by atoms with E-state index in [-0.39, 0.29) is 12.1 Å². The molecule has 2 aromatic heterocycles. The van der Waals surface area contributed by atoms with Crippen molar-refractivity contribution in [1.82, 2.24) is 15.3 Å². The van der Waals surface area contributed by atoms with Crippen LogP contribution in [0.1, 0.15) is 50.5 Å². The van der Waals surface area contributed by atoms with Crippen LogP contribution in [0, 0.1) is 0 Å². The van der Waals surface area contributed by atoms with E-state index >= 15 is 0 Å². The van der Waals surface area contributed by atoms with Gasteiger partial charge in [0.25, 0.3) is 0 Å². The number of fused-ring (bicyclic) bond motifs is 3. The highest BCUT2D eigenvalue weighted by atomic mass is 32.1. The number of aromatic nitrogens is 2. The van der Waals surface area contributed by atoms with E-state index in [2.05, 4.69) is 20.2 Å². The molecule has 0 saturated carbocycles.